The molecule has 0 spiro atoms. The Hall–Kier alpha value is -2.40. The number of hydrogen-bond acceptors (Lipinski definition) is 0. The van der Waals surface area contributed by atoms with Gasteiger partial charge in [-0.2, -0.15) is 0 Å². The third-order valence-corrected chi connectivity index (χ3v) is 11.7. The Morgan fingerprint density at radius 3 is 1.11 bits per heavy atom. The molecule has 2 heteroatoms. The van der Waals surface area contributed by atoms with Crippen molar-refractivity contribution < 1.29 is 12.4 Å². The Labute approximate surface area is 225 Å². The van der Waals surface area contributed by atoms with Gasteiger partial charge in [-0.3, -0.25) is 0 Å². The first-order valence-electron chi connectivity index (χ1n) is 13.5. The Morgan fingerprint density at radius 1 is 0.361 bits per heavy atom. The first kappa shape index (κ1) is 28.2. The van der Waals surface area contributed by atoms with Crippen molar-refractivity contribution in [2.45, 2.75) is 57.8 Å². The maximum absolute atomic E-state index is 2.36. The van der Waals surface area contributed by atoms with Gasteiger partial charge in [-0.25, -0.2) is 0 Å². The minimum absolute atomic E-state index is 0. The summed E-state index contributed by atoms with van der Waals surface area (Å²) >= 11 is 0. The monoisotopic (exact) mass is 514 g/mol. The standard InChI is InChI=1S/C34H40P.ClH/c1(3-5-11-21-31-22-12-7-13-23-31)2-4-6-20-30-35(32-24-14-8-15-25-32,33-26-16-9-17-27-33)34-28-18-10-19-29-34;/h7-10,12-19,22-29H,1-6,11,20-21,30H2;1H/q+1;/p-1. The smallest absolute Gasteiger partial charge is 0.112 e. The van der Waals surface area contributed by atoms with Gasteiger partial charge in [-0.15, -0.1) is 0 Å². The predicted octanol–water partition coefficient (Wildman–Crippen LogP) is 5.35. The van der Waals surface area contributed by atoms with Crippen LogP contribution in [0.25, 0.3) is 0 Å². The van der Waals surface area contributed by atoms with Gasteiger partial charge in [0.2, 0.25) is 0 Å². The summed E-state index contributed by atoms with van der Waals surface area (Å²) in [5.41, 5.74) is 1.48. The topological polar surface area (TPSA) is 0 Å². The first-order chi connectivity index (χ1) is 17.4. The van der Waals surface area contributed by atoms with E-state index < -0.39 is 7.26 Å². The van der Waals surface area contributed by atoms with Gasteiger partial charge in [0, 0.05) is 0 Å². The van der Waals surface area contributed by atoms with Gasteiger partial charge in [-0.05, 0) is 67.6 Å². The van der Waals surface area contributed by atoms with Crippen LogP contribution >= 0.6 is 7.26 Å². The molecule has 0 saturated carbocycles. The van der Waals surface area contributed by atoms with Crippen LogP contribution in [0.5, 0.6) is 0 Å². The summed E-state index contributed by atoms with van der Waals surface area (Å²) in [4.78, 5) is 0. The minimum atomic E-state index is -1.65. The van der Waals surface area contributed by atoms with Crippen LogP contribution in [0.1, 0.15) is 56.9 Å². The fourth-order valence-electron chi connectivity index (χ4n) is 5.27. The molecule has 0 saturated heterocycles. The van der Waals surface area contributed by atoms with Crippen LogP contribution in [0.4, 0.5) is 0 Å². The molecule has 0 N–H and O–H groups in total. The Kier molecular flexibility index (Phi) is 12.3. The molecule has 0 aliphatic rings. The van der Waals surface area contributed by atoms with E-state index in [1.165, 1.54) is 85.4 Å². The van der Waals surface area contributed by atoms with Gasteiger partial charge in [-0.1, -0.05) is 117 Å². The highest BCUT2D eigenvalue weighted by Crippen LogP contribution is 2.56. The molecule has 0 fully saturated rings. The van der Waals surface area contributed by atoms with Crippen molar-refractivity contribution in [1.29, 1.82) is 0 Å². The molecule has 188 valence electrons. The maximum Gasteiger partial charge on any atom is 0.112 e. The summed E-state index contributed by atoms with van der Waals surface area (Å²) in [6, 6.07) is 44.8. The second-order valence-electron chi connectivity index (χ2n) is 9.60. The quantitative estimate of drug-likeness (QED) is 0.157. The second-order valence-corrected chi connectivity index (χ2v) is 13.2. The summed E-state index contributed by atoms with van der Waals surface area (Å²) < 4.78 is 0. The van der Waals surface area contributed by atoms with Crippen molar-refractivity contribution in [3.63, 3.8) is 0 Å². The minimum Gasteiger partial charge on any atom is -1.00 e. The molecule has 36 heavy (non-hydrogen) atoms. The van der Waals surface area contributed by atoms with Gasteiger partial charge in [0.05, 0.1) is 6.16 Å². The molecule has 4 rings (SSSR count). The van der Waals surface area contributed by atoms with E-state index in [2.05, 4.69) is 121 Å². The van der Waals surface area contributed by atoms with E-state index in [-0.39, 0.29) is 12.4 Å². The lowest BCUT2D eigenvalue weighted by atomic mass is 10.0. The molecule has 0 amide bonds. The second kappa shape index (κ2) is 15.7. The zero-order chi connectivity index (χ0) is 24.0. The summed E-state index contributed by atoms with van der Waals surface area (Å²) in [6.45, 7) is 0. The van der Waals surface area contributed by atoms with Crippen LogP contribution < -0.4 is 28.3 Å². The molecule has 0 nitrogen and oxygen atoms in total. The molecule has 0 bridgehead atoms. The average Bonchev–Trinajstić information content (AvgIpc) is 2.94. The Bertz CT molecular complexity index is 984. The third-order valence-electron chi connectivity index (χ3n) is 7.14. The molecule has 0 unspecified atom stereocenters. The molecular formula is C34H40ClP. The van der Waals surface area contributed by atoms with Gasteiger partial charge < -0.3 is 12.4 Å². The molecule has 0 heterocycles. The zero-order valence-electron chi connectivity index (χ0n) is 21.4. The molecule has 0 aliphatic heterocycles. The fraction of sp³-hybridized carbons (Fsp3) is 0.294. The highest BCUT2D eigenvalue weighted by atomic mass is 35.5. The number of benzene rings is 4. The van der Waals surface area contributed by atoms with E-state index in [1.807, 2.05) is 0 Å². The Morgan fingerprint density at radius 2 is 0.694 bits per heavy atom. The van der Waals surface area contributed by atoms with Crippen molar-refractivity contribution in [3.05, 3.63) is 127 Å². The van der Waals surface area contributed by atoms with Gasteiger partial charge in [0.15, 0.2) is 0 Å². The van der Waals surface area contributed by atoms with Gasteiger partial charge >= 0.3 is 0 Å². The molecule has 4 aromatic rings. The largest absolute Gasteiger partial charge is 1.00 e. The van der Waals surface area contributed by atoms with E-state index >= 15 is 0 Å². The highest BCUT2D eigenvalue weighted by Gasteiger charge is 2.44. The van der Waals surface area contributed by atoms with Crippen molar-refractivity contribution in [2.75, 3.05) is 6.16 Å². The van der Waals surface area contributed by atoms with Crippen LogP contribution in [0.2, 0.25) is 0 Å². The van der Waals surface area contributed by atoms with E-state index in [0.29, 0.717) is 0 Å². The first-order valence-corrected chi connectivity index (χ1v) is 15.5. The lowest BCUT2D eigenvalue weighted by molar-refractivity contribution is -0.00000696. The molecule has 0 atom stereocenters. The lowest BCUT2D eigenvalue weighted by Gasteiger charge is -2.27. The van der Waals surface area contributed by atoms with Crippen molar-refractivity contribution in [2.24, 2.45) is 0 Å². The number of hydrogen-bond donors (Lipinski definition) is 0. The summed E-state index contributed by atoms with van der Waals surface area (Å²) in [6.07, 6.45) is 13.3. The number of aryl methyl sites for hydroxylation is 1. The van der Waals surface area contributed by atoms with Crippen molar-refractivity contribution in [3.8, 4) is 0 Å². The van der Waals surface area contributed by atoms with Crippen LogP contribution in [0, 0.1) is 0 Å². The fourth-order valence-corrected chi connectivity index (χ4v) is 9.68. The summed E-state index contributed by atoms with van der Waals surface area (Å²) in [7, 11) is -1.65. The maximum atomic E-state index is 2.36. The van der Waals surface area contributed by atoms with Crippen molar-refractivity contribution >= 4 is 23.2 Å². The SMILES string of the molecule is [Cl-].c1ccc(CCCCCCCCCC[P+](c2ccccc2)(c2ccccc2)c2ccccc2)cc1. The molecule has 4 aromatic carbocycles. The predicted molar refractivity (Wildman–Crippen MR) is 157 cm³/mol. The molecular weight excluding hydrogens is 475 g/mol. The van der Waals surface area contributed by atoms with Crippen LogP contribution in [-0.2, 0) is 6.42 Å². The average molecular weight is 515 g/mol. The number of rotatable bonds is 14. The number of halogens is 1. The van der Waals surface area contributed by atoms with Gasteiger partial charge in [0.25, 0.3) is 0 Å². The van der Waals surface area contributed by atoms with E-state index in [9.17, 15) is 0 Å². The zero-order valence-corrected chi connectivity index (χ0v) is 23.1. The van der Waals surface area contributed by atoms with Crippen molar-refractivity contribution in [1.82, 2.24) is 0 Å². The summed E-state index contributed by atoms with van der Waals surface area (Å²) in [5, 5.41) is 4.53. The Balaban J connectivity index is 0.00000361. The molecule has 0 aromatic heterocycles. The molecule has 0 aliphatic carbocycles. The third kappa shape index (κ3) is 7.80. The van der Waals surface area contributed by atoms with Gasteiger partial charge in [0.1, 0.15) is 23.2 Å². The normalized spacial score (nSPS) is 11.1. The highest BCUT2D eigenvalue weighted by molar-refractivity contribution is 7.95. The summed E-state index contributed by atoms with van der Waals surface area (Å²) in [5.74, 6) is 0. The van der Waals surface area contributed by atoms with E-state index in [1.54, 1.807) is 0 Å². The lowest BCUT2D eigenvalue weighted by Crippen LogP contribution is -3.00. The van der Waals surface area contributed by atoms with E-state index in [0.717, 1.165) is 0 Å². The van der Waals surface area contributed by atoms with Crippen LogP contribution in [-0.4, -0.2) is 6.16 Å². The molecule has 0 radical (unpaired) electrons. The van der Waals surface area contributed by atoms with E-state index in [4.69, 9.17) is 0 Å². The van der Waals surface area contributed by atoms with Crippen LogP contribution in [0.3, 0.4) is 0 Å². The van der Waals surface area contributed by atoms with Crippen LogP contribution in [0.15, 0.2) is 121 Å². The number of unbranched alkanes of at least 4 members (excludes halogenated alkanes) is 7.